The molecule has 1 atom stereocenters. The molecule has 9 aromatic rings. The van der Waals surface area contributed by atoms with Crippen LogP contribution in [0.15, 0.2) is 138 Å². The second-order valence-electron chi connectivity index (χ2n) is 16.7. The molecule has 0 saturated carbocycles. The quantitative estimate of drug-likeness (QED) is 0.0795. The van der Waals surface area contributed by atoms with E-state index in [9.17, 15) is 0 Å². The van der Waals surface area contributed by atoms with Crippen molar-refractivity contribution < 1.29 is 4.42 Å². The lowest BCUT2D eigenvalue weighted by atomic mass is 10.0. The molecule has 7 nitrogen and oxygen atoms in total. The van der Waals surface area contributed by atoms with Crippen molar-refractivity contribution in [2.24, 2.45) is 5.73 Å². The summed E-state index contributed by atoms with van der Waals surface area (Å²) in [5.74, 6) is 1.00. The van der Waals surface area contributed by atoms with Crippen LogP contribution in [-0.2, 0) is 0 Å². The molecule has 61 heavy (non-hydrogen) atoms. The van der Waals surface area contributed by atoms with Crippen LogP contribution in [0.25, 0.3) is 88.8 Å². The first kappa shape index (κ1) is 40.2. The summed E-state index contributed by atoms with van der Waals surface area (Å²) >= 11 is 0. The summed E-state index contributed by atoms with van der Waals surface area (Å²) in [6.07, 6.45) is 14.9. The highest BCUT2D eigenvalue weighted by Gasteiger charge is 2.17. The van der Waals surface area contributed by atoms with Gasteiger partial charge in [0.25, 0.3) is 0 Å². The lowest BCUT2D eigenvalue weighted by Gasteiger charge is -2.17. The molecule has 0 bridgehead atoms. The largest absolute Gasteiger partial charge is 0.416 e. The lowest BCUT2D eigenvalue weighted by molar-refractivity contribution is 0.471. The summed E-state index contributed by atoms with van der Waals surface area (Å²) in [5.41, 5.74) is 21.8. The summed E-state index contributed by atoms with van der Waals surface area (Å²) in [6, 6.07) is 47.7. The summed E-state index contributed by atoms with van der Waals surface area (Å²) in [7, 11) is 0. The molecule has 0 radical (unpaired) electrons. The van der Waals surface area contributed by atoms with Gasteiger partial charge in [-0.15, -0.1) is 10.2 Å². The number of fused-ring (bicyclic) bond motifs is 6. The number of rotatable bonds is 19. The van der Waals surface area contributed by atoms with Crippen molar-refractivity contribution in [3.63, 3.8) is 0 Å². The molecule has 3 heterocycles. The number of unbranched alkanes of at least 4 members (excludes halogenated alkanes) is 9. The molecular weight excluding hydrogens is 749 g/mol. The van der Waals surface area contributed by atoms with Crippen LogP contribution < -0.4 is 11.2 Å². The van der Waals surface area contributed by atoms with E-state index in [1.165, 1.54) is 113 Å². The van der Waals surface area contributed by atoms with E-state index in [0.717, 1.165) is 47.2 Å². The number of nitrogens with zero attached hydrogens (tertiary/aromatic N) is 4. The van der Waals surface area contributed by atoms with E-state index in [4.69, 9.17) is 10.2 Å². The van der Waals surface area contributed by atoms with Gasteiger partial charge in [-0.3, -0.25) is 4.68 Å². The van der Waals surface area contributed by atoms with Crippen LogP contribution in [0.4, 0.5) is 0 Å². The van der Waals surface area contributed by atoms with Gasteiger partial charge in [-0.25, -0.2) is 0 Å². The molecule has 0 fully saturated rings. The first-order chi connectivity index (χ1) is 30.1. The van der Waals surface area contributed by atoms with Gasteiger partial charge in [0.05, 0.1) is 28.2 Å². The third kappa shape index (κ3) is 8.44. The van der Waals surface area contributed by atoms with Crippen molar-refractivity contribution >= 4 is 43.6 Å². The average molecular weight is 807 g/mol. The van der Waals surface area contributed by atoms with Gasteiger partial charge < -0.3 is 20.1 Å². The number of hydrogen-bond donors (Lipinski definition) is 2. The second-order valence-corrected chi connectivity index (χ2v) is 16.7. The van der Waals surface area contributed by atoms with Crippen LogP contribution in [0.2, 0.25) is 0 Å². The van der Waals surface area contributed by atoms with Crippen LogP contribution >= 0.6 is 0 Å². The Bertz CT molecular complexity index is 2860. The van der Waals surface area contributed by atoms with Gasteiger partial charge in [0.2, 0.25) is 11.8 Å². The van der Waals surface area contributed by atoms with Gasteiger partial charge in [0.15, 0.2) is 0 Å². The maximum atomic E-state index is 6.88. The summed E-state index contributed by atoms with van der Waals surface area (Å²) < 4.78 is 10.9. The Balaban J connectivity index is 0.892. The van der Waals surface area contributed by atoms with Crippen molar-refractivity contribution in [3.8, 4) is 45.2 Å². The van der Waals surface area contributed by atoms with E-state index < -0.39 is 0 Å². The molecule has 6 aromatic carbocycles. The fourth-order valence-electron chi connectivity index (χ4n) is 9.11. The Morgan fingerprint density at radius 1 is 0.475 bits per heavy atom. The molecule has 0 saturated heterocycles. The molecular formula is C54H58N6O. The molecule has 9 rings (SSSR count). The van der Waals surface area contributed by atoms with Crippen molar-refractivity contribution in [1.29, 1.82) is 0 Å². The fraction of sp³-hybridized carbons (Fsp3) is 0.296. The average Bonchev–Trinajstić information content (AvgIpc) is 4.02. The van der Waals surface area contributed by atoms with E-state index >= 15 is 0 Å². The normalized spacial score (nSPS) is 12.3. The Morgan fingerprint density at radius 2 is 0.918 bits per heavy atom. The first-order valence-corrected chi connectivity index (χ1v) is 22.7. The Hall–Kier alpha value is -6.18. The number of benzene rings is 6. The molecule has 7 heteroatoms. The molecule has 0 aliphatic rings. The zero-order valence-electron chi connectivity index (χ0n) is 35.7. The van der Waals surface area contributed by atoms with E-state index in [2.05, 4.69) is 172 Å². The zero-order chi connectivity index (χ0) is 41.5. The minimum Gasteiger partial charge on any atom is -0.416 e. The second kappa shape index (κ2) is 18.6. The van der Waals surface area contributed by atoms with Crippen LogP contribution in [0, 0.1) is 0 Å². The van der Waals surface area contributed by atoms with Crippen LogP contribution in [-0.4, -0.2) is 26.0 Å². The molecule has 0 spiro atoms. The Kier molecular flexibility index (Phi) is 12.3. The number of hydrogen-bond acceptors (Lipinski definition) is 5. The van der Waals surface area contributed by atoms with Crippen LogP contribution in [0.3, 0.4) is 0 Å². The molecule has 0 aliphatic heterocycles. The van der Waals surface area contributed by atoms with Crippen LogP contribution in [0.5, 0.6) is 0 Å². The highest BCUT2D eigenvalue weighted by Crippen LogP contribution is 2.37. The zero-order valence-corrected chi connectivity index (χ0v) is 35.7. The third-order valence-corrected chi connectivity index (χ3v) is 12.5. The molecule has 3 aromatic heterocycles. The summed E-state index contributed by atoms with van der Waals surface area (Å²) in [5, 5.41) is 13.9. The lowest BCUT2D eigenvalue weighted by Crippen LogP contribution is -2.18. The Labute approximate surface area is 359 Å². The summed E-state index contributed by atoms with van der Waals surface area (Å²) in [6.45, 7) is 5.49. The van der Waals surface area contributed by atoms with Crippen molar-refractivity contribution in [2.45, 2.75) is 97.1 Å². The van der Waals surface area contributed by atoms with E-state index in [-0.39, 0.29) is 6.17 Å². The van der Waals surface area contributed by atoms with Gasteiger partial charge in [-0.1, -0.05) is 151 Å². The SMILES string of the molecule is CCCCCCCCNn1c2ccccc2c2cc(-c3ccc(-c4nnc(-c5ccc(-c6ccc7c(c6)c6ccccc6n7C(N)CCCCCCC)cc5)o4)cc3)ccc21. The van der Waals surface area contributed by atoms with E-state index in [0.29, 0.717) is 11.8 Å². The van der Waals surface area contributed by atoms with Gasteiger partial charge in [0.1, 0.15) is 0 Å². The number of aromatic nitrogens is 4. The minimum absolute atomic E-state index is 0.0522. The molecule has 0 amide bonds. The van der Waals surface area contributed by atoms with E-state index in [1.54, 1.807) is 0 Å². The highest BCUT2D eigenvalue weighted by molar-refractivity contribution is 6.10. The van der Waals surface area contributed by atoms with Gasteiger partial charge >= 0.3 is 0 Å². The topological polar surface area (TPSA) is 86.8 Å². The predicted molar refractivity (Wildman–Crippen MR) is 256 cm³/mol. The van der Waals surface area contributed by atoms with Crippen LogP contribution in [0.1, 0.15) is 97.1 Å². The van der Waals surface area contributed by atoms with Crippen molar-refractivity contribution in [3.05, 3.63) is 133 Å². The van der Waals surface area contributed by atoms with Crippen molar-refractivity contribution in [2.75, 3.05) is 12.0 Å². The smallest absolute Gasteiger partial charge is 0.248 e. The number of para-hydroxylation sites is 2. The maximum absolute atomic E-state index is 6.88. The predicted octanol–water partition coefficient (Wildman–Crippen LogP) is 14.7. The van der Waals surface area contributed by atoms with Gasteiger partial charge in [-0.05, 0) is 95.8 Å². The molecule has 3 N–H and O–H groups in total. The molecule has 0 aliphatic carbocycles. The molecule has 310 valence electrons. The third-order valence-electron chi connectivity index (χ3n) is 12.5. The number of nitrogens with one attached hydrogen (secondary N) is 1. The molecule has 1 unspecified atom stereocenters. The fourth-order valence-corrected chi connectivity index (χ4v) is 9.11. The standard InChI is InChI=1S/C54H58N6O/c1-3-5-7-9-11-17-35-56-60-50-21-16-14-19-45(50)47-37-43(32-34-51(47)60)39-25-29-41(30-26-39)54-58-57-53(61-54)40-27-23-38(24-28-40)42-31-33-49-46(36-42)44-18-13-15-20-48(44)59(49)52(55)22-12-10-8-6-4-2/h13-16,18-21,23-34,36-37,52,56H,3-12,17,22,35,55H2,1-2H3. The monoisotopic (exact) mass is 806 g/mol. The van der Waals surface area contributed by atoms with Crippen molar-refractivity contribution in [1.82, 2.24) is 19.4 Å². The Morgan fingerprint density at radius 3 is 1.54 bits per heavy atom. The van der Waals surface area contributed by atoms with E-state index in [1.807, 2.05) is 0 Å². The van der Waals surface area contributed by atoms with Gasteiger partial charge in [0, 0.05) is 39.2 Å². The highest BCUT2D eigenvalue weighted by atomic mass is 16.4. The minimum atomic E-state index is -0.0522. The summed E-state index contributed by atoms with van der Waals surface area (Å²) in [4.78, 5) is 0. The maximum Gasteiger partial charge on any atom is 0.248 e. The first-order valence-electron chi connectivity index (χ1n) is 22.7. The van der Waals surface area contributed by atoms with Gasteiger partial charge in [-0.2, -0.15) is 0 Å². The number of nitrogens with two attached hydrogens (primary N) is 1.